The van der Waals surface area contributed by atoms with Gasteiger partial charge in [0.2, 0.25) is 0 Å². The van der Waals surface area contributed by atoms with Crippen molar-refractivity contribution >= 4 is 49.4 Å². The summed E-state index contributed by atoms with van der Waals surface area (Å²) in [5.74, 6) is -2.63. The number of halogens is 3. The number of piperidine rings is 1. The van der Waals surface area contributed by atoms with Crippen LogP contribution in [0.25, 0.3) is 10.2 Å². The number of fused-ring (bicyclic) bond motifs is 1. The lowest BCUT2D eigenvalue weighted by Crippen LogP contribution is -2.43. The van der Waals surface area contributed by atoms with Crippen LogP contribution < -0.4 is 0 Å². The molecule has 0 unspecified atom stereocenters. The molecule has 1 saturated heterocycles. The van der Waals surface area contributed by atoms with E-state index in [2.05, 4.69) is 15.9 Å². The summed E-state index contributed by atoms with van der Waals surface area (Å²) < 4.78 is 35.8. The number of aromatic nitrogens is 1. The highest BCUT2D eigenvalue weighted by Gasteiger charge is 2.31. The third-order valence-corrected chi connectivity index (χ3v) is 7.28. The predicted octanol–water partition coefficient (Wildman–Crippen LogP) is 5.21. The molecule has 1 amide bonds. The molecular formula is C22H21BrF2N2O3S. The van der Waals surface area contributed by atoms with Gasteiger partial charge in [0.25, 0.3) is 5.91 Å². The van der Waals surface area contributed by atoms with Gasteiger partial charge in [-0.25, -0.2) is 8.78 Å². The Bertz CT molecular complexity index is 1140. The molecule has 4 rings (SSSR count). The molecule has 0 bridgehead atoms. The molecule has 1 aromatic carbocycles. The van der Waals surface area contributed by atoms with Crippen molar-refractivity contribution in [1.29, 1.82) is 0 Å². The van der Waals surface area contributed by atoms with Crippen LogP contribution in [0.4, 0.5) is 8.78 Å². The zero-order valence-electron chi connectivity index (χ0n) is 16.9. The molecule has 0 spiro atoms. The van der Waals surface area contributed by atoms with Crippen molar-refractivity contribution in [2.75, 3.05) is 19.7 Å². The number of hydrogen-bond acceptors (Lipinski definition) is 4. The van der Waals surface area contributed by atoms with Gasteiger partial charge in [0.1, 0.15) is 5.69 Å². The van der Waals surface area contributed by atoms with Gasteiger partial charge in [-0.1, -0.05) is 6.07 Å². The van der Waals surface area contributed by atoms with Gasteiger partial charge in [-0.15, -0.1) is 11.3 Å². The third kappa shape index (κ3) is 4.39. The highest BCUT2D eigenvalue weighted by molar-refractivity contribution is 9.10. The zero-order chi connectivity index (χ0) is 22.1. The number of nitrogens with zero attached hydrogens (tertiary/aromatic N) is 2. The topological polar surface area (TPSA) is 51.5 Å². The number of rotatable bonds is 5. The fraction of sp³-hybridized carbons (Fsp3) is 0.364. The van der Waals surface area contributed by atoms with E-state index in [1.54, 1.807) is 11.8 Å². The summed E-state index contributed by atoms with van der Waals surface area (Å²) in [6, 6.07) is 5.56. The molecule has 0 N–H and O–H groups in total. The monoisotopic (exact) mass is 510 g/mol. The highest BCUT2D eigenvalue weighted by atomic mass is 79.9. The van der Waals surface area contributed by atoms with Gasteiger partial charge in [0.05, 0.1) is 27.2 Å². The van der Waals surface area contributed by atoms with E-state index in [9.17, 15) is 18.4 Å². The summed E-state index contributed by atoms with van der Waals surface area (Å²) in [5, 5.41) is 1.93. The summed E-state index contributed by atoms with van der Waals surface area (Å²) in [6.07, 6.45) is 1.41. The molecule has 1 fully saturated rings. The van der Waals surface area contributed by atoms with E-state index in [4.69, 9.17) is 4.74 Å². The molecule has 164 valence electrons. The Morgan fingerprint density at radius 1 is 1.26 bits per heavy atom. The molecule has 2 aromatic heterocycles. The molecule has 31 heavy (non-hydrogen) atoms. The molecule has 0 saturated carbocycles. The van der Waals surface area contributed by atoms with E-state index in [0.29, 0.717) is 37.4 Å². The summed E-state index contributed by atoms with van der Waals surface area (Å²) in [5.41, 5.74) is 1.83. The lowest BCUT2D eigenvalue weighted by atomic mass is 9.98. The number of benzene rings is 1. The van der Waals surface area contributed by atoms with Crippen LogP contribution in [0.2, 0.25) is 0 Å². The Kier molecular flexibility index (Phi) is 6.43. The number of ether oxygens (including phenoxy) is 1. The Balaban J connectivity index is 1.67. The van der Waals surface area contributed by atoms with Crippen LogP contribution in [0.5, 0.6) is 0 Å². The van der Waals surface area contributed by atoms with E-state index in [0.717, 1.165) is 33.2 Å². The largest absolute Gasteiger partial charge is 0.466 e. The number of likely N-dealkylation sites (tertiary alicyclic amines) is 1. The van der Waals surface area contributed by atoms with Crippen molar-refractivity contribution in [3.63, 3.8) is 0 Å². The first kappa shape index (κ1) is 22.0. The maximum absolute atomic E-state index is 13.8. The lowest BCUT2D eigenvalue weighted by molar-refractivity contribution is -0.149. The average molecular weight is 511 g/mol. The Morgan fingerprint density at radius 2 is 2.06 bits per heavy atom. The number of amides is 1. The summed E-state index contributed by atoms with van der Waals surface area (Å²) in [6.45, 7) is 3.15. The molecule has 1 atom stereocenters. The van der Waals surface area contributed by atoms with Gasteiger partial charge in [-0.2, -0.15) is 0 Å². The summed E-state index contributed by atoms with van der Waals surface area (Å²) in [4.78, 5) is 27.3. The molecule has 3 heterocycles. The molecule has 5 nitrogen and oxygen atoms in total. The van der Waals surface area contributed by atoms with Gasteiger partial charge >= 0.3 is 5.97 Å². The van der Waals surface area contributed by atoms with Gasteiger partial charge in [-0.3, -0.25) is 9.59 Å². The standard InChI is InChI=1S/C22H21BrF2N2O3S/c1-2-30-22(29)14-4-3-7-26(11-14)21(28)18-9-19-20(15(23)12-31-19)27(18)10-13-5-6-16(24)17(25)8-13/h5-6,8-9,12,14H,2-4,7,10-11H2,1H3/t14-/m1/s1. The highest BCUT2D eigenvalue weighted by Crippen LogP contribution is 2.35. The number of thiophene rings is 1. The van der Waals surface area contributed by atoms with Crippen molar-refractivity contribution in [3.05, 3.63) is 57.0 Å². The number of carbonyl (C=O) groups is 2. The van der Waals surface area contributed by atoms with Gasteiger partial charge in [0, 0.05) is 25.0 Å². The molecular weight excluding hydrogens is 490 g/mol. The normalized spacial score (nSPS) is 16.6. The lowest BCUT2D eigenvalue weighted by Gasteiger charge is -2.31. The number of esters is 1. The van der Waals surface area contributed by atoms with Crippen LogP contribution in [0, 0.1) is 17.6 Å². The minimum Gasteiger partial charge on any atom is -0.466 e. The minimum atomic E-state index is -0.925. The fourth-order valence-corrected chi connectivity index (χ4v) is 5.66. The number of carbonyl (C=O) groups excluding carboxylic acids is 2. The van der Waals surface area contributed by atoms with E-state index in [1.807, 2.05) is 16.0 Å². The van der Waals surface area contributed by atoms with Gasteiger partial charge in [0.15, 0.2) is 11.6 Å². The maximum Gasteiger partial charge on any atom is 0.310 e. The van der Waals surface area contributed by atoms with Crippen molar-refractivity contribution in [1.82, 2.24) is 9.47 Å². The summed E-state index contributed by atoms with van der Waals surface area (Å²) >= 11 is 5.03. The van der Waals surface area contributed by atoms with Gasteiger partial charge in [-0.05, 0) is 59.5 Å². The first-order chi connectivity index (χ1) is 14.9. The Morgan fingerprint density at radius 3 is 2.81 bits per heavy atom. The van der Waals surface area contributed by atoms with Crippen LogP contribution in [0.1, 0.15) is 35.8 Å². The van der Waals surface area contributed by atoms with Crippen molar-refractivity contribution < 1.29 is 23.1 Å². The van der Waals surface area contributed by atoms with Crippen LogP contribution >= 0.6 is 27.3 Å². The van der Waals surface area contributed by atoms with E-state index >= 15 is 0 Å². The average Bonchev–Trinajstić information content (AvgIpc) is 3.30. The second-order valence-corrected chi connectivity index (χ2v) is 9.27. The maximum atomic E-state index is 13.8. The third-order valence-electron chi connectivity index (χ3n) is 5.45. The fourth-order valence-electron chi connectivity index (χ4n) is 3.97. The molecule has 0 aliphatic carbocycles. The van der Waals surface area contributed by atoms with Gasteiger partial charge < -0.3 is 14.2 Å². The second-order valence-electron chi connectivity index (χ2n) is 7.50. The van der Waals surface area contributed by atoms with E-state index in [1.165, 1.54) is 17.4 Å². The second kappa shape index (κ2) is 9.08. The van der Waals surface area contributed by atoms with Crippen LogP contribution in [-0.2, 0) is 16.1 Å². The van der Waals surface area contributed by atoms with Crippen molar-refractivity contribution in [2.24, 2.45) is 5.92 Å². The Labute approximate surface area is 190 Å². The van der Waals surface area contributed by atoms with E-state index < -0.39 is 11.6 Å². The van der Waals surface area contributed by atoms with Crippen LogP contribution in [0.15, 0.2) is 34.1 Å². The first-order valence-corrected chi connectivity index (χ1v) is 11.7. The minimum absolute atomic E-state index is 0.188. The quantitative estimate of drug-likeness (QED) is 0.443. The predicted molar refractivity (Wildman–Crippen MR) is 118 cm³/mol. The van der Waals surface area contributed by atoms with E-state index in [-0.39, 0.29) is 24.3 Å². The van der Waals surface area contributed by atoms with Crippen molar-refractivity contribution in [3.8, 4) is 0 Å². The Hall–Kier alpha value is -2.26. The zero-order valence-corrected chi connectivity index (χ0v) is 19.3. The van der Waals surface area contributed by atoms with Crippen molar-refractivity contribution in [2.45, 2.75) is 26.3 Å². The van der Waals surface area contributed by atoms with Crippen LogP contribution in [-0.4, -0.2) is 41.0 Å². The molecule has 9 heteroatoms. The number of hydrogen-bond donors (Lipinski definition) is 0. The smallest absolute Gasteiger partial charge is 0.310 e. The van der Waals surface area contributed by atoms with Crippen LogP contribution in [0.3, 0.4) is 0 Å². The SMILES string of the molecule is CCOC(=O)[C@@H]1CCCN(C(=O)c2cc3scc(Br)c3n2Cc2ccc(F)c(F)c2)C1. The molecule has 3 aromatic rings. The molecule has 1 aliphatic heterocycles. The summed E-state index contributed by atoms with van der Waals surface area (Å²) in [7, 11) is 0. The molecule has 1 aliphatic rings. The first-order valence-electron chi connectivity index (χ1n) is 10.0. The molecule has 0 radical (unpaired) electrons.